The minimum absolute atomic E-state index is 0.0504. The summed E-state index contributed by atoms with van der Waals surface area (Å²) in [6.45, 7) is 7.00. The molecule has 0 atom stereocenters. The molecule has 0 unspecified atom stereocenters. The number of hydrogen-bond acceptors (Lipinski definition) is 1. The van der Waals surface area contributed by atoms with Crippen LogP contribution in [0.25, 0.3) is 64.5 Å². The van der Waals surface area contributed by atoms with E-state index >= 15 is 0 Å². The minimum atomic E-state index is 0.0504. The lowest BCUT2D eigenvalue weighted by Gasteiger charge is -2.25. The van der Waals surface area contributed by atoms with E-state index in [1.807, 2.05) is 11.3 Å². The number of hydrogen-bond donors (Lipinski definition) is 0. The summed E-state index contributed by atoms with van der Waals surface area (Å²) in [6, 6.07) is 40.9. The first-order chi connectivity index (χ1) is 20.0. The van der Waals surface area contributed by atoms with Crippen LogP contribution in [-0.2, 0) is 11.8 Å². The van der Waals surface area contributed by atoms with E-state index in [4.69, 9.17) is 0 Å². The smallest absolute Gasteiger partial charge is 0.0433 e. The van der Waals surface area contributed by atoms with Crippen LogP contribution < -0.4 is 0 Å². The average Bonchev–Trinajstić information content (AvgIpc) is 3.39. The molecule has 41 heavy (non-hydrogen) atoms. The fourth-order valence-electron chi connectivity index (χ4n) is 6.79. The molecule has 0 nitrogen and oxygen atoms in total. The third-order valence-electron chi connectivity index (χ3n) is 8.93. The molecule has 1 heteroatoms. The lowest BCUT2D eigenvalue weighted by Crippen LogP contribution is -2.12. The SMILES string of the molecule is CC(C)(C)c1cc(C2=Cc3c(c4ccccc4c4ccccc34)CC2)cc(-c2cccc3c2sc2ccccc23)c1. The van der Waals surface area contributed by atoms with Gasteiger partial charge in [-0.25, -0.2) is 0 Å². The van der Waals surface area contributed by atoms with E-state index < -0.39 is 0 Å². The van der Waals surface area contributed by atoms with Crippen molar-refractivity contribution in [2.45, 2.75) is 39.0 Å². The Morgan fingerprint density at radius 2 is 1.20 bits per heavy atom. The normalized spacial score (nSPS) is 13.7. The molecule has 0 amide bonds. The summed E-state index contributed by atoms with van der Waals surface area (Å²) < 4.78 is 2.74. The maximum atomic E-state index is 2.50. The van der Waals surface area contributed by atoms with E-state index in [0.717, 1.165) is 12.8 Å². The van der Waals surface area contributed by atoms with E-state index in [9.17, 15) is 0 Å². The van der Waals surface area contributed by atoms with Crippen molar-refractivity contribution in [2.24, 2.45) is 0 Å². The Morgan fingerprint density at radius 1 is 0.561 bits per heavy atom. The van der Waals surface area contributed by atoms with Crippen LogP contribution in [0.3, 0.4) is 0 Å². The van der Waals surface area contributed by atoms with E-state index in [2.05, 4.69) is 136 Å². The summed E-state index contributed by atoms with van der Waals surface area (Å²) in [7, 11) is 0. The second kappa shape index (κ2) is 9.16. The van der Waals surface area contributed by atoms with Gasteiger partial charge in [0.1, 0.15) is 0 Å². The van der Waals surface area contributed by atoms with E-state index in [0.29, 0.717) is 0 Å². The Hall–Kier alpha value is -4.20. The van der Waals surface area contributed by atoms with E-state index in [-0.39, 0.29) is 5.41 Å². The zero-order valence-electron chi connectivity index (χ0n) is 23.8. The highest BCUT2D eigenvalue weighted by Gasteiger charge is 2.22. The van der Waals surface area contributed by atoms with Crippen molar-refractivity contribution in [3.63, 3.8) is 0 Å². The molecule has 1 heterocycles. The second-order valence-corrected chi connectivity index (χ2v) is 13.5. The van der Waals surface area contributed by atoms with Gasteiger partial charge in [0.2, 0.25) is 0 Å². The molecule has 0 bridgehead atoms. The Morgan fingerprint density at radius 3 is 1.98 bits per heavy atom. The molecule has 0 N–H and O–H groups in total. The summed E-state index contributed by atoms with van der Waals surface area (Å²) in [5.74, 6) is 0. The van der Waals surface area contributed by atoms with Crippen LogP contribution >= 0.6 is 11.3 Å². The molecule has 8 rings (SSSR count). The molecule has 6 aromatic carbocycles. The molecule has 198 valence electrons. The van der Waals surface area contributed by atoms with Gasteiger partial charge in [0.05, 0.1) is 0 Å². The van der Waals surface area contributed by atoms with Gasteiger partial charge in [-0.2, -0.15) is 0 Å². The van der Waals surface area contributed by atoms with Crippen molar-refractivity contribution in [3.8, 4) is 11.1 Å². The van der Waals surface area contributed by atoms with Crippen molar-refractivity contribution in [1.82, 2.24) is 0 Å². The van der Waals surface area contributed by atoms with Crippen LogP contribution in [0.1, 0.15) is 49.4 Å². The predicted octanol–water partition coefficient (Wildman–Crippen LogP) is 11.8. The standard InChI is InChI=1S/C40H32S/c1-40(2,3)28-22-26(21-27(23-28)29-16-10-17-36-35-15-8-9-18-38(35)41-39(29)36)25-19-20-34-32-13-5-4-11-30(32)31-12-6-7-14-33(31)37(34)24-25/h4-18,21-24H,19-20H2,1-3H3. The van der Waals surface area contributed by atoms with Gasteiger partial charge in [0, 0.05) is 20.2 Å². The van der Waals surface area contributed by atoms with Crippen molar-refractivity contribution < 1.29 is 0 Å². The molecular weight excluding hydrogens is 513 g/mol. The highest BCUT2D eigenvalue weighted by atomic mass is 32.1. The Balaban J connectivity index is 1.36. The Labute approximate surface area is 245 Å². The maximum Gasteiger partial charge on any atom is 0.0433 e. The van der Waals surface area contributed by atoms with E-state index in [1.165, 1.54) is 80.7 Å². The molecule has 7 aromatic rings. The summed E-state index contributed by atoms with van der Waals surface area (Å²) in [5, 5.41) is 8.19. The number of thiophene rings is 1. The lowest BCUT2D eigenvalue weighted by atomic mass is 9.79. The van der Waals surface area contributed by atoms with Crippen LogP contribution in [0.2, 0.25) is 0 Å². The van der Waals surface area contributed by atoms with Crippen molar-refractivity contribution in [1.29, 1.82) is 0 Å². The van der Waals surface area contributed by atoms with Crippen LogP contribution in [-0.4, -0.2) is 0 Å². The van der Waals surface area contributed by atoms with Gasteiger partial charge in [0.25, 0.3) is 0 Å². The Bertz CT molecular complexity index is 2180. The second-order valence-electron chi connectivity index (χ2n) is 12.5. The van der Waals surface area contributed by atoms with Crippen molar-refractivity contribution >= 4 is 64.7 Å². The summed E-state index contributed by atoms with van der Waals surface area (Å²) in [6.07, 6.45) is 4.61. The molecule has 0 aliphatic heterocycles. The van der Waals surface area contributed by atoms with Gasteiger partial charge in [-0.3, -0.25) is 0 Å². The molecule has 0 spiro atoms. The fourth-order valence-corrected chi connectivity index (χ4v) is 8.02. The average molecular weight is 545 g/mol. The lowest BCUT2D eigenvalue weighted by molar-refractivity contribution is 0.590. The zero-order chi connectivity index (χ0) is 27.7. The molecule has 1 aliphatic rings. The molecule has 0 fully saturated rings. The quantitative estimate of drug-likeness (QED) is 0.190. The minimum Gasteiger partial charge on any atom is -0.135 e. The van der Waals surface area contributed by atoms with Gasteiger partial charge >= 0.3 is 0 Å². The highest BCUT2D eigenvalue weighted by molar-refractivity contribution is 7.26. The number of allylic oxidation sites excluding steroid dienone is 1. The van der Waals surface area contributed by atoms with Crippen LogP contribution in [0, 0.1) is 0 Å². The van der Waals surface area contributed by atoms with Gasteiger partial charge < -0.3 is 0 Å². The zero-order valence-corrected chi connectivity index (χ0v) is 24.6. The Kier molecular flexibility index (Phi) is 5.49. The third kappa shape index (κ3) is 3.95. The fraction of sp³-hybridized carbons (Fsp3) is 0.150. The first-order valence-corrected chi connectivity index (χ1v) is 15.5. The summed E-state index contributed by atoms with van der Waals surface area (Å²) >= 11 is 1.92. The summed E-state index contributed by atoms with van der Waals surface area (Å²) in [4.78, 5) is 0. The molecule has 1 aromatic heterocycles. The summed E-state index contributed by atoms with van der Waals surface area (Å²) in [5.41, 5.74) is 9.78. The molecular formula is C40H32S. The number of rotatable bonds is 2. The van der Waals surface area contributed by atoms with Gasteiger partial charge in [-0.1, -0.05) is 124 Å². The molecule has 0 saturated heterocycles. The first kappa shape index (κ1) is 24.6. The first-order valence-electron chi connectivity index (χ1n) is 14.7. The number of fused-ring (bicyclic) bond motifs is 9. The predicted molar refractivity (Wildman–Crippen MR) is 181 cm³/mol. The highest BCUT2D eigenvalue weighted by Crippen LogP contribution is 2.44. The van der Waals surface area contributed by atoms with E-state index in [1.54, 1.807) is 0 Å². The van der Waals surface area contributed by atoms with Crippen molar-refractivity contribution in [3.05, 3.63) is 131 Å². The van der Waals surface area contributed by atoms with Crippen molar-refractivity contribution in [2.75, 3.05) is 0 Å². The van der Waals surface area contributed by atoms with Crippen LogP contribution in [0.15, 0.2) is 109 Å². The molecule has 1 aliphatic carbocycles. The third-order valence-corrected chi connectivity index (χ3v) is 10.2. The van der Waals surface area contributed by atoms with Gasteiger partial charge in [0.15, 0.2) is 0 Å². The number of benzene rings is 6. The molecule has 0 radical (unpaired) electrons. The molecule has 0 saturated carbocycles. The van der Waals surface area contributed by atoms with Gasteiger partial charge in [-0.15, -0.1) is 11.3 Å². The van der Waals surface area contributed by atoms with Crippen LogP contribution in [0.4, 0.5) is 0 Å². The number of aryl methyl sites for hydroxylation is 1. The van der Waals surface area contributed by atoms with Crippen LogP contribution in [0.5, 0.6) is 0 Å². The monoisotopic (exact) mass is 544 g/mol. The maximum absolute atomic E-state index is 2.50. The van der Waals surface area contributed by atoms with Gasteiger partial charge in [-0.05, 0) is 90.9 Å². The topological polar surface area (TPSA) is 0 Å². The largest absolute Gasteiger partial charge is 0.135 e.